The van der Waals surface area contributed by atoms with Crippen LogP contribution in [0.2, 0.25) is 0 Å². The molecule has 0 saturated carbocycles. The second-order valence-electron chi connectivity index (χ2n) is 4.44. The Hall–Kier alpha value is -1.47. The maximum Gasteiger partial charge on any atom is 0.241 e. The summed E-state index contributed by atoms with van der Waals surface area (Å²) >= 11 is 0. The Bertz CT molecular complexity index is 616. The molecule has 20 heavy (non-hydrogen) atoms. The molecule has 1 aromatic carbocycles. The summed E-state index contributed by atoms with van der Waals surface area (Å²) in [4.78, 5) is 0. The van der Waals surface area contributed by atoms with Gasteiger partial charge in [0.05, 0.1) is 18.4 Å². The first-order chi connectivity index (χ1) is 9.44. The third-order valence-corrected chi connectivity index (χ3v) is 4.72. The fraction of sp³-hybridized carbons (Fsp3) is 0.385. The van der Waals surface area contributed by atoms with Gasteiger partial charge in [-0.15, -0.1) is 0 Å². The van der Waals surface area contributed by atoms with Crippen LogP contribution in [0, 0.1) is 11.6 Å². The normalized spacial score (nSPS) is 22.8. The van der Waals surface area contributed by atoms with Crippen LogP contribution in [0.5, 0.6) is 0 Å². The van der Waals surface area contributed by atoms with Crippen LogP contribution in [-0.2, 0) is 14.8 Å². The summed E-state index contributed by atoms with van der Waals surface area (Å²) in [5.41, 5.74) is -0.278. The van der Waals surface area contributed by atoms with Crippen molar-refractivity contribution in [2.75, 3.05) is 11.3 Å². The van der Waals surface area contributed by atoms with E-state index in [2.05, 4.69) is 4.72 Å². The molecule has 0 aliphatic carbocycles. The molecule has 2 atom stereocenters. The summed E-state index contributed by atoms with van der Waals surface area (Å²) < 4.78 is 58.3. The molecule has 110 valence electrons. The third-order valence-electron chi connectivity index (χ3n) is 3.04. The van der Waals surface area contributed by atoms with E-state index >= 15 is 0 Å². The van der Waals surface area contributed by atoms with Crippen molar-refractivity contribution in [2.24, 2.45) is 0 Å². The standard InChI is InChI=1S/C13H15F2NO3S/c1-2-12-13(4-3-7-19-12)20(17,18)16-11-6-5-9(14)8-10(11)15/h3-6,8,12-13,16H,2,7H2,1H3. The van der Waals surface area contributed by atoms with Crippen molar-refractivity contribution in [3.63, 3.8) is 0 Å². The maximum atomic E-state index is 13.5. The SMILES string of the molecule is CCC1OCC=CC1S(=O)(=O)Nc1ccc(F)cc1F. The first kappa shape index (κ1) is 14.9. The first-order valence-corrected chi connectivity index (χ1v) is 7.73. The van der Waals surface area contributed by atoms with Crippen LogP contribution in [0.25, 0.3) is 0 Å². The van der Waals surface area contributed by atoms with E-state index < -0.39 is 33.0 Å². The molecule has 4 nitrogen and oxygen atoms in total. The highest BCUT2D eigenvalue weighted by molar-refractivity contribution is 7.93. The number of halogens is 2. The lowest BCUT2D eigenvalue weighted by molar-refractivity contribution is 0.0677. The van der Waals surface area contributed by atoms with Gasteiger partial charge < -0.3 is 4.74 Å². The lowest BCUT2D eigenvalue weighted by Gasteiger charge is -2.27. The average molecular weight is 303 g/mol. The van der Waals surface area contributed by atoms with Crippen molar-refractivity contribution >= 4 is 15.7 Å². The van der Waals surface area contributed by atoms with E-state index in [9.17, 15) is 17.2 Å². The highest BCUT2D eigenvalue weighted by Gasteiger charge is 2.33. The van der Waals surface area contributed by atoms with Gasteiger partial charge >= 0.3 is 0 Å². The van der Waals surface area contributed by atoms with Crippen molar-refractivity contribution < 1.29 is 21.9 Å². The van der Waals surface area contributed by atoms with Crippen LogP contribution in [-0.4, -0.2) is 26.4 Å². The highest BCUT2D eigenvalue weighted by Crippen LogP contribution is 2.23. The summed E-state index contributed by atoms with van der Waals surface area (Å²) in [5, 5.41) is -0.897. The molecule has 0 fully saturated rings. The van der Waals surface area contributed by atoms with Crippen LogP contribution in [0.15, 0.2) is 30.4 Å². The maximum absolute atomic E-state index is 13.5. The van der Waals surface area contributed by atoms with Gasteiger partial charge in [-0.1, -0.05) is 19.1 Å². The molecule has 1 aliphatic heterocycles. The van der Waals surface area contributed by atoms with E-state index in [1.165, 1.54) is 6.08 Å². The molecule has 0 bridgehead atoms. The summed E-state index contributed by atoms with van der Waals surface area (Å²) in [6.07, 6.45) is 3.17. The minimum atomic E-state index is -3.86. The molecule has 0 saturated heterocycles. The molecule has 1 aliphatic rings. The zero-order valence-electron chi connectivity index (χ0n) is 10.8. The zero-order valence-corrected chi connectivity index (χ0v) is 11.7. The Labute approximate surface area is 116 Å². The minimum absolute atomic E-state index is 0.278. The molecule has 1 heterocycles. The third kappa shape index (κ3) is 3.16. The summed E-state index contributed by atoms with van der Waals surface area (Å²) in [5.74, 6) is -1.72. The van der Waals surface area contributed by atoms with Gasteiger partial charge in [-0.05, 0) is 18.6 Å². The van der Waals surface area contributed by atoms with Gasteiger partial charge in [0.1, 0.15) is 16.9 Å². The molecule has 0 aromatic heterocycles. The molecule has 1 aromatic rings. The van der Waals surface area contributed by atoms with E-state index in [4.69, 9.17) is 4.74 Å². The number of nitrogens with one attached hydrogen (secondary N) is 1. The van der Waals surface area contributed by atoms with Gasteiger partial charge in [-0.3, -0.25) is 4.72 Å². The van der Waals surface area contributed by atoms with Gasteiger partial charge in [-0.2, -0.15) is 0 Å². The van der Waals surface area contributed by atoms with Crippen molar-refractivity contribution in [1.82, 2.24) is 0 Å². The lowest BCUT2D eigenvalue weighted by Crippen LogP contribution is -2.40. The first-order valence-electron chi connectivity index (χ1n) is 6.19. The topological polar surface area (TPSA) is 55.4 Å². The molecule has 0 spiro atoms. The Morgan fingerprint density at radius 1 is 1.40 bits per heavy atom. The van der Waals surface area contributed by atoms with Gasteiger partial charge in [0, 0.05) is 6.07 Å². The van der Waals surface area contributed by atoms with Gasteiger partial charge in [0.25, 0.3) is 0 Å². The zero-order chi connectivity index (χ0) is 14.8. The summed E-state index contributed by atoms with van der Waals surface area (Å²) in [6.45, 7) is 2.17. The van der Waals surface area contributed by atoms with Crippen molar-refractivity contribution in [2.45, 2.75) is 24.7 Å². The number of rotatable bonds is 4. The number of anilines is 1. The molecule has 0 radical (unpaired) electrons. The molecule has 7 heteroatoms. The molecule has 0 amide bonds. The van der Waals surface area contributed by atoms with Crippen LogP contribution in [0.3, 0.4) is 0 Å². The smallest absolute Gasteiger partial charge is 0.241 e. The fourth-order valence-corrected chi connectivity index (χ4v) is 3.63. The number of benzene rings is 1. The quantitative estimate of drug-likeness (QED) is 0.869. The molecular weight excluding hydrogens is 288 g/mol. The van der Waals surface area contributed by atoms with Crippen LogP contribution in [0.1, 0.15) is 13.3 Å². The molecule has 2 unspecified atom stereocenters. The van der Waals surface area contributed by atoms with E-state index in [1.54, 1.807) is 6.08 Å². The highest BCUT2D eigenvalue weighted by atomic mass is 32.2. The summed E-state index contributed by atoms with van der Waals surface area (Å²) in [6, 6.07) is 2.67. The van der Waals surface area contributed by atoms with E-state index in [0.29, 0.717) is 19.1 Å². The molecule has 2 rings (SSSR count). The largest absolute Gasteiger partial charge is 0.372 e. The monoisotopic (exact) mass is 303 g/mol. The predicted octanol–water partition coefficient (Wildman–Crippen LogP) is 2.44. The van der Waals surface area contributed by atoms with Gasteiger partial charge in [-0.25, -0.2) is 17.2 Å². The number of hydrogen-bond donors (Lipinski definition) is 1. The van der Waals surface area contributed by atoms with E-state index in [1.807, 2.05) is 6.92 Å². The molecular formula is C13H15F2NO3S. The number of hydrogen-bond acceptors (Lipinski definition) is 3. The van der Waals surface area contributed by atoms with Crippen LogP contribution >= 0.6 is 0 Å². The minimum Gasteiger partial charge on any atom is -0.372 e. The molecule has 1 N–H and O–H groups in total. The predicted molar refractivity (Wildman–Crippen MR) is 71.9 cm³/mol. The Morgan fingerprint density at radius 3 is 2.80 bits per heavy atom. The average Bonchev–Trinajstić information content (AvgIpc) is 2.42. The van der Waals surface area contributed by atoms with E-state index in [0.717, 1.165) is 12.1 Å². The second kappa shape index (κ2) is 5.88. The van der Waals surface area contributed by atoms with Gasteiger partial charge in [0.15, 0.2) is 0 Å². The Balaban J connectivity index is 2.26. The van der Waals surface area contributed by atoms with E-state index in [-0.39, 0.29) is 5.69 Å². The lowest BCUT2D eigenvalue weighted by atomic mass is 10.1. The van der Waals surface area contributed by atoms with Gasteiger partial charge in [0.2, 0.25) is 10.0 Å². The summed E-state index contributed by atoms with van der Waals surface area (Å²) in [7, 11) is -3.86. The van der Waals surface area contributed by atoms with Crippen molar-refractivity contribution in [3.05, 3.63) is 42.0 Å². The Kier molecular flexibility index (Phi) is 4.39. The fourth-order valence-electron chi connectivity index (χ4n) is 2.03. The van der Waals surface area contributed by atoms with Crippen LogP contribution < -0.4 is 4.72 Å². The Morgan fingerprint density at radius 2 is 2.15 bits per heavy atom. The van der Waals surface area contributed by atoms with Crippen molar-refractivity contribution in [3.8, 4) is 0 Å². The van der Waals surface area contributed by atoms with Crippen molar-refractivity contribution in [1.29, 1.82) is 0 Å². The number of sulfonamides is 1. The van der Waals surface area contributed by atoms with Crippen LogP contribution in [0.4, 0.5) is 14.5 Å². The number of ether oxygens (including phenoxy) is 1. The second-order valence-corrected chi connectivity index (χ2v) is 6.28.